The molecule has 1 fully saturated rings. The number of hydrogen-bond acceptors (Lipinski definition) is 2. The molecule has 0 aromatic heterocycles. The van der Waals surface area contributed by atoms with Crippen molar-refractivity contribution in [3.05, 3.63) is 34.9 Å². The Labute approximate surface area is 95.4 Å². The highest BCUT2D eigenvalue weighted by Gasteiger charge is 2.44. The van der Waals surface area contributed by atoms with E-state index in [1.807, 2.05) is 0 Å². The SMILES string of the molecule is O=C=NC1(c2ccc3c(c2)CCCC3)CC1. The Hall–Kier alpha value is -1.40. The van der Waals surface area contributed by atoms with Crippen LogP contribution in [-0.4, -0.2) is 6.08 Å². The molecule has 2 nitrogen and oxygen atoms in total. The minimum atomic E-state index is -0.200. The van der Waals surface area contributed by atoms with Crippen LogP contribution in [0.5, 0.6) is 0 Å². The maximum atomic E-state index is 10.4. The predicted octanol–water partition coefficient (Wildman–Crippen LogP) is 2.89. The molecule has 0 saturated heterocycles. The maximum absolute atomic E-state index is 10.4. The van der Waals surface area contributed by atoms with Crippen molar-refractivity contribution >= 4 is 6.08 Å². The summed E-state index contributed by atoms with van der Waals surface area (Å²) in [5.41, 5.74) is 3.97. The molecule has 2 aliphatic carbocycles. The molecule has 3 rings (SSSR count). The number of aliphatic imine (C=N–C) groups is 1. The quantitative estimate of drug-likeness (QED) is 0.548. The molecule has 0 N–H and O–H groups in total. The third kappa shape index (κ3) is 1.50. The second kappa shape index (κ2) is 3.57. The van der Waals surface area contributed by atoms with E-state index in [1.54, 1.807) is 6.08 Å². The standard InChI is InChI=1S/C14H15NO/c16-10-15-14(7-8-14)13-6-5-11-3-1-2-4-12(11)9-13/h5-6,9H,1-4,7-8H2. The van der Waals surface area contributed by atoms with Crippen LogP contribution in [0.3, 0.4) is 0 Å². The summed E-state index contributed by atoms with van der Waals surface area (Å²) in [6.45, 7) is 0. The van der Waals surface area contributed by atoms with E-state index in [2.05, 4.69) is 23.2 Å². The Kier molecular flexibility index (Phi) is 2.19. The van der Waals surface area contributed by atoms with Crippen LogP contribution in [0.25, 0.3) is 0 Å². The molecule has 2 aliphatic rings. The molecule has 0 unspecified atom stereocenters. The second-order valence-corrected chi connectivity index (χ2v) is 4.93. The van der Waals surface area contributed by atoms with E-state index >= 15 is 0 Å². The minimum Gasteiger partial charge on any atom is -0.211 e. The zero-order valence-corrected chi connectivity index (χ0v) is 9.33. The largest absolute Gasteiger partial charge is 0.235 e. The number of nitrogens with zero attached hydrogens (tertiary/aromatic N) is 1. The smallest absolute Gasteiger partial charge is 0.211 e. The normalized spacial score (nSPS) is 20.8. The molecule has 0 heterocycles. The highest BCUT2D eigenvalue weighted by atomic mass is 16.1. The molecule has 0 bridgehead atoms. The summed E-state index contributed by atoms with van der Waals surface area (Å²) >= 11 is 0. The van der Waals surface area contributed by atoms with Crippen LogP contribution in [0.4, 0.5) is 0 Å². The number of fused-ring (bicyclic) bond motifs is 1. The van der Waals surface area contributed by atoms with Gasteiger partial charge in [-0.05, 0) is 55.2 Å². The van der Waals surface area contributed by atoms with E-state index in [9.17, 15) is 4.79 Å². The summed E-state index contributed by atoms with van der Waals surface area (Å²) in [4.78, 5) is 14.4. The summed E-state index contributed by atoms with van der Waals surface area (Å²) in [5, 5.41) is 0. The third-order valence-electron chi connectivity index (χ3n) is 3.87. The maximum Gasteiger partial charge on any atom is 0.235 e. The monoisotopic (exact) mass is 213 g/mol. The van der Waals surface area contributed by atoms with Crippen LogP contribution in [-0.2, 0) is 23.2 Å². The number of isocyanates is 1. The molecule has 1 aromatic rings. The number of carbonyl (C=O) groups excluding carboxylic acids is 1. The fourth-order valence-electron chi connectivity index (χ4n) is 2.69. The predicted molar refractivity (Wildman–Crippen MR) is 62.1 cm³/mol. The van der Waals surface area contributed by atoms with Crippen molar-refractivity contribution in [1.29, 1.82) is 0 Å². The van der Waals surface area contributed by atoms with E-state index < -0.39 is 0 Å². The summed E-state index contributed by atoms with van der Waals surface area (Å²) < 4.78 is 0. The van der Waals surface area contributed by atoms with E-state index in [-0.39, 0.29) is 5.54 Å². The first-order valence-electron chi connectivity index (χ1n) is 6.05. The van der Waals surface area contributed by atoms with Gasteiger partial charge in [0.25, 0.3) is 0 Å². The molecule has 82 valence electrons. The van der Waals surface area contributed by atoms with Crippen LogP contribution in [0.2, 0.25) is 0 Å². The lowest BCUT2D eigenvalue weighted by Crippen LogP contribution is -2.07. The van der Waals surface area contributed by atoms with Crippen LogP contribution in [0, 0.1) is 0 Å². The first kappa shape index (κ1) is 9.80. The molecule has 16 heavy (non-hydrogen) atoms. The van der Waals surface area contributed by atoms with Crippen molar-refractivity contribution in [3.63, 3.8) is 0 Å². The molecular formula is C14H15NO. The van der Waals surface area contributed by atoms with Gasteiger partial charge in [0, 0.05) is 0 Å². The van der Waals surface area contributed by atoms with Gasteiger partial charge < -0.3 is 0 Å². The fourth-order valence-corrected chi connectivity index (χ4v) is 2.69. The van der Waals surface area contributed by atoms with Crippen molar-refractivity contribution in [2.24, 2.45) is 4.99 Å². The number of benzene rings is 1. The molecule has 0 spiro atoms. The van der Waals surface area contributed by atoms with E-state index in [1.165, 1.54) is 42.4 Å². The van der Waals surface area contributed by atoms with Gasteiger partial charge in [0.15, 0.2) is 0 Å². The Morgan fingerprint density at radius 1 is 1.12 bits per heavy atom. The highest BCUT2D eigenvalue weighted by Crippen LogP contribution is 2.49. The topological polar surface area (TPSA) is 29.4 Å². The Morgan fingerprint density at radius 3 is 2.56 bits per heavy atom. The van der Waals surface area contributed by atoms with Crippen molar-refractivity contribution in [2.45, 2.75) is 44.1 Å². The first-order chi connectivity index (χ1) is 7.84. The summed E-state index contributed by atoms with van der Waals surface area (Å²) in [6.07, 6.45) is 8.72. The first-order valence-corrected chi connectivity index (χ1v) is 6.05. The average Bonchev–Trinajstić information content (AvgIpc) is 3.10. The number of aryl methyl sites for hydroxylation is 2. The van der Waals surface area contributed by atoms with Crippen LogP contribution in [0.1, 0.15) is 42.4 Å². The van der Waals surface area contributed by atoms with Gasteiger partial charge >= 0.3 is 0 Å². The zero-order chi connectivity index (χ0) is 11.0. The van der Waals surface area contributed by atoms with Gasteiger partial charge in [-0.25, -0.2) is 4.79 Å². The summed E-state index contributed by atoms with van der Waals surface area (Å²) in [5.74, 6) is 0. The fraction of sp³-hybridized carbons (Fsp3) is 0.500. The summed E-state index contributed by atoms with van der Waals surface area (Å²) in [6, 6.07) is 6.64. The zero-order valence-electron chi connectivity index (χ0n) is 9.33. The molecular weight excluding hydrogens is 198 g/mol. The number of hydrogen-bond donors (Lipinski definition) is 0. The van der Waals surface area contributed by atoms with Crippen LogP contribution < -0.4 is 0 Å². The van der Waals surface area contributed by atoms with Crippen molar-refractivity contribution in [3.8, 4) is 0 Å². The van der Waals surface area contributed by atoms with Gasteiger partial charge in [-0.15, -0.1) is 0 Å². The minimum absolute atomic E-state index is 0.200. The van der Waals surface area contributed by atoms with Gasteiger partial charge in [0.2, 0.25) is 6.08 Å². The van der Waals surface area contributed by atoms with Gasteiger partial charge in [-0.3, -0.25) is 0 Å². The van der Waals surface area contributed by atoms with E-state index in [0.717, 1.165) is 12.8 Å². The summed E-state index contributed by atoms with van der Waals surface area (Å²) in [7, 11) is 0. The number of rotatable bonds is 2. The molecule has 0 atom stereocenters. The Morgan fingerprint density at radius 2 is 1.88 bits per heavy atom. The van der Waals surface area contributed by atoms with Gasteiger partial charge in [-0.2, -0.15) is 4.99 Å². The van der Waals surface area contributed by atoms with Crippen LogP contribution >= 0.6 is 0 Å². The molecule has 2 heteroatoms. The molecule has 0 aliphatic heterocycles. The molecule has 1 saturated carbocycles. The van der Waals surface area contributed by atoms with Crippen molar-refractivity contribution < 1.29 is 4.79 Å². The Balaban J connectivity index is 2.00. The van der Waals surface area contributed by atoms with Gasteiger partial charge in [0.05, 0.1) is 5.54 Å². The lowest BCUT2D eigenvalue weighted by molar-refractivity contribution is 0.556. The van der Waals surface area contributed by atoms with E-state index in [4.69, 9.17) is 0 Å². The lowest BCUT2D eigenvalue weighted by Gasteiger charge is -2.18. The lowest BCUT2D eigenvalue weighted by atomic mass is 9.89. The van der Waals surface area contributed by atoms with Gasteiger partial charge in [0.1, 0.15) is 0 Å². The molecule has 0 radical (unpaired) electrons. The van der Waals surface area contributed by atoms with Gasteiger partial charge in [-0.1, -0.05) is 18.2 Å². The van der Waals surface area contributed by atoms with Crippen molar-refractivity contribution in [2.75, 3.05) is 0 Å². The average molecular weight is 213 g/mol. The Bertz CT molecular complexity index is 468. The van der Waals surface area contributed by atoms with Crippen molar-refractivity contribution in [1.82, 2.24) is 0 Å². The van der Waals surface area contributed by atoms with Crippen LogP contribution in [0.15, 0.2) is 23.2 Å². The molecule has 1 aromatic carbocycles. The highest BCUT2D eigenvalue weighted by molar-refractivity contribution is 5.44. The van der Waals surface area contributed by atoms with E-state index in [0.29, 0.717) is 0 Å². The third-order valence-corrected chi connectivity index (χ3v) is 3.87. The second-order valence-electron chi connectivity index (χ2n) is 4.93. The molecule has 0 amide bonds.